The first-order valence-corrected chi connectivity index (χ1v) is 9.65. The first-order valence-electron chi connectivity index (χ1n) is 8.86. The summed E-state index contributed by atoms with van der Waals surface area (Å²) in [6.07, 6.45) is 1.45. The number of phenols is 2. The molecule has 3 aromatic rings. The molecule has 0 aromatic heterocycles. The highest BCUT2D eigenvalue weighted by Gasteiger charge is 2.08. The van der Waals surface area contributed by atoms with Gasteiger partial charge in [-0.2, -0.15) is 5.10 Å². The summed E-state index contributed by atoms with van der Waals surface area (Å²) in [6, 6.07) is 16.6. The van der Waals surface area contributed by atoms with Gasteiger partial charge in [-0.1, -0.05) is 28.1 Å². The van der Waals surface area contributed by atoms with E-state index >= 15 is 0 Å². The summed E-state index contributed by atoms with van der Waals surface area (Å²) >= 11 is 3.41. The van der Waals surface area contributed by atoms with E-state index in [1.165, 1.54) is 18.3 Å². The minimum atomic E-state index is -0.578. The van der Waals surface area contributed by atoms with E-state index in [1.807, 2.05) is 30.3 Å². The number of carbonyl (C=O) groups is 1. The first kappa shape index (κ1) is 21.2. The number of rotatable bonds is 7. The van der Waals surface area contributed by atoms with Gasteiger partial charge < -0.3 is 19.7 Å². The number of methoxy groups -OCH3 is 1. The molecule has 0 radical (unpaired) electrons. The third-order valence-corrected chi connectivity index (χ3v) is 4.53. The average molecular weight is 471 g/mol. The largest absolute Gasteiger partial charge is 0.508 e. The Hall–Kier alpha value is -3.52. The molecule has 3 N–H and O–H groups in total. The van der Waals surface area contributed by atoms with E-state index < -0.39 is 5.91 Å². The van der Waals surface area contributed by atoms with Crippen LogP contribution in [0.4, 0.5) is 0 Å². The summed E-state index contributed by atoms with van der Waals surface area (Å²) in [5.41, 5.74) is 4.02. The third-order valence-electron chi connectivity index (χ3n) is 4.03. The molecule has 0 bridgehead atoms. The Labute approximate surface area is 181 Å². The number of phenolic OH excluding ortho intramolecular Hbond substituents is 2. The molecule has 30 heavy (non-hydrogen) atoms. The molecule has 0 atom stereocenters. The van der Waals surface area contributed by atoms with Gasteiger partial charge in [0, 0.05) is 21.7 Å². The fourth-order valence-electron chi connectivity index (χ4n) is 2.63. The molecule has 1 amide bonds. The van der Waals surface area contributed by atoms with Gasteiger partial charge in [0.25, 0.3) is 5.91 Å². The number of hydrogen-bond acceptors (Lipinski definition) is 6. The number of ether oxygens (including phenoxy) is 2. The van der Waals surface area contributed by atoms with E-state index in [0.717, 1.165) is 21.9 Å². The maximum absolute atomic E-state index is 12.2. The van der Waals surface area contributed by atoms with Gasteiger partial charge >= 0.3 is 0 Å². The second-order valence-corrected chi connectivity index (χ2v) is 7.18. The van der Waals surface area contributed by atoms with Crippen LogP contribution in [0, 0.1) is 0 Å². The van der Waals surface area contributed by atoms with Crippen molar-refractivity contribution in [1.82, 2.24) is 5.43 Å². The highest BCUT2D eigenvalue weighted by atomic mass is 79.9. The van der Waals surface area contributed by atoms with Gasteiger partial charge in [-0.3, -0.25) is 4.79 Å². The number of nitrogens with zero attached hydrogens (tertiary/aromatic N) is 1. The van der Waals surface area contributed by atoms with Crippen molar-refractivity contribution in [2.75, 3.05) is 7.11 Å². The SMILES string of the molecule is COc1cccc(COc2ccc(Br)cc2C=NNC(=O)c2cc(O)cc(O)c2)c1. The molecule has 0 saturated carbocycles. The van der Waals surface area contributed by atoms with Crippen LogP contribution in [-0.2, 0) is 6.61 Å². The molecule has 154 valence electrons. The zero-order valence-corrected chi connectivity index (χ0v) is 17.6. The summed E-state index contributed by atoms with van der Waals surface area (Å²) in [5.74, 6) is 0.309. The predicted octanol–water partition coefficient (Wildman–Crippen LogP) is 4.21. The van der Waals surface area contributed by atoms with E-state index in [0.29, 0.717) is 17.9 Å². The molecule has 0 aliphatic carbocycles. The Kier molecular flexibility index (Phi) is 6.92. The zero-order chi connectivity index (χ0) is 21.5. The molecule has 0 fully saturated rings. The standard InChI is InChI=1S/C22H19BrN2O5/c1-29-20-4-2-3-14(7-20)13-30-21-6-5-17(23)8-16(21)12-24-25-22(28)15-9-18(26)11-19(27)10-15/h2-12,26-27H,13H2,1H3,(H,25,28). The van der Waals surface area contributed by atoms with Crippen molar-refractivity contribution in [3.8, 4) is 23.0 Å². The first-order chi connectivity index (χ1) is 14.4. The van der Waals surface area contributed by atoms with Crippen LogP contribution in [0.25, 0.3) is 0 Å². The van der Waals surface area contributed by atoms with Crippen molar-refractivity contribution in [2.24, 2.45) is 5.10 Å². The van der Waals surface area contributed by atoms with E-state index in [9.17, 15) is 15.0 Å². The Morgan fingerprint density at radius 2 is 1.87 bits per heavy atom. The number of halogens is 1. The minimum absolute atomic E-state index is 0.0772. The molecule has 0 spiro atoms. The summed E-state index contributed by atoms with van der Waals surface area (Å²) in [5, 5.41) is 22.9. The molecular formula is C22H19BrN2O5. The summed E-state index contributed by atoms with van der Waals surface area (Å²) in [4.78, 5) is 12.2. The number of benzene rings is 3. The molecule has 3 rings (SSSR count). The van der Waals surface area contributed by atoms with Crippen molar-refractivity contribution in [1.29, 1.82) is 0 Å². The van der Waals surface area contributed by atoms with Crippen molar-refractivity contribution in [2.45, 2.75) is 6.61 Å². The van der Waals surface area contributed by atoms with E-state index in [4.69, 9.17) is 9.47 Å². The minimum Gasteiger partial charge on any atom is -0.508 e. The molecule has 0 saturated heterocycles. The normalized spacial score (nSPS) is 10.7. The van der Waals surface area contributed by atoms with Crippen LogP contribution in [-0.4, -0.2) is 29.4 Å². The highest BCUT2D eigenvalue weighted by Crippen LogP contribution is 2.24. The molecular weight excluding hydrogens is 452 g/mol. The average Bonchev–Trinajstić information content (AvgIpc) is 2.72. The van der Waals surface area contributed by atoms with Gasteiger partial charge in [0.05, 0.1) is 13.3 Å². The van der Waals surface area contributed by atoms with Gasteiger partial charge in [-0.15, -0.1) is 0 Å². The van der Waals surface area contributed by atoms with E-state index in [2.05, 4.69) is 26.5 Å². The molecule has 0 unspecified atom stereocenters. The van der Waals surface area contributed by atoms with Gasteiger partial charge in [-0.05, 0) is 48.0 Å². The van der Waals surface area contributed by atoms with Gasteiger partial charge in [-0.25, -0.2) is 5.43 Å². The van der Waals surface area contributed by atoms with Crippen molar-refractivity contribution in [3.05, 3.63) is 81.8 Å². The monoisotopic (exact) mass is 470 g/mol. The maximum atomic E-state index is 12.2. The topological polar surface area (TPSA) is 100 Å². The molecule has 3 aromatic carbocycles. The van der Waals surface area contributed by atoms with Crippen molar-refractivity contribution < 1.29 is 24.5 Å². The summed E-state index contributed by atoms with van der Waals surface area (Å²) in [7, 11) is 1.61. The molecule has 0 heterocycles. The molecule has 7 nitrogen and oxygen atoms in total. The van der Waals surface area contributed by atoms with Crippen LogP contribution in [0.1, 0.15) is 21.5 Å². The van der Waals surface area contributed by atoms with Crippen LogP contribution in [0.2, 0.25) is 0 Å². The van der Waals surface area contributed by atoms with Gasteiger partial charge in [0.15, 0.2) is 0 Å². The lowest BCUT2D eigenvalue weighted by Crippen LogP contribution is -2.17. The molecule has 0 aliphatic rings. The second kappa shape index (κ2) is 9.80. The Morgan fingerprint density at radius 1 is 1.10 bits per heavy atom. The quantitative estimate of drug-likeness (QED) is 0.354. The zero-order valence-electron chi connectivity index (χ0n) is 16.0. The number of aromatic hydroxyl groups is 2. The Balaban J connectivity index is 1.70. The lowest BCUT2D eigenvalue weighted by atomic mass is 10.2. The number of hydrogen-bond donors (Lipinski definition) is 3. The maximum Gasteiger partial charge on any atom is 0.271 e. The molecule has 8 heteroatoms. The van der Waals surface area contributed by atoms with Crippen LogP contribution >= 0.6 is 15.9 Å². The van der Waals surface area contributed by atoms with E-state index in [1.54, 1.807) is 19.2 Å². The number of hydrazone groups is 1. The van der Waals surface area contributed by atoms with Crippen LogP contribution < -0.4 is 14.9 Å². The Bertz CT molecular complexity index is 1060. The van der Waals surface area contributed by atoms with Gasteiger partial charge in [0.2, 0.25) is 0 Å². The van der Waals surface area contributed by atoms with E-state index in [-0.39, 0.29) is 17.1 Å². The summed E-state index contributed by atoms with van der Waals surface area (Å²) < 4.78 is 11.9. The smallest absolute Gasteiger partial charge is 0.271 e. The van der Waals surface area contributed by atoms with Crippen LogP contribution in [0.5, 0.6) is 23.0 Å². The lowest BCUT2D eigenvalue weighted by Gasteiger charge is -2.10. The fraction of sp³-hybridized carbons (Fsp3) is 0.0909. The highest BCUT2D eigenvalue weighted by molar-refractivity contribution is 9.10. The second-order valence-electron chi connectivity index (χ2n) is 6.26. The number of nitrogens with one attached hydrogen (secondary N) is 1. The van der Waals surface area contributed by atoms with Crippen molar-refractivity contribution in [3.63, 3.8) is 0 Å². The Morgan fingerprint density at radius 3 is 2.60 bits per heavy atom. The molecule has 0 aliphatic heterocycles. The van der Waals surface area contributed by atoms with Gasteiger partial charge in [0.1, 0.15) is 29.6 Å². The predicted molar refractivity (Wildman–Crippen MR) is 116 cm³/mol. The summed E-state index contributed by atoms with van der Waals surface area (Å²) in [6.45, 7) is 0.328. The number of amides is 1. The van der Waals surface area contributed by atoms with Crippen molar-refractivity contribution >= 4 is 28.1 Å². The fourth-order valence-corrected chi connectivity index (χ4v) is 3.01. The van der Waals surface area contributed by atoms with Crippen LogP contribution in [0.15, 0.2) is 70.2 Å². The lowest BCUT2D eigenvalue weighted by molar-refractivity contribution is 0.0954. The third kappa shape index (κ3) is 5.74. The van der Waals surface area contributed by atoms with Crippen LogP contribution in [0.3, 0.4) is 0 Å². The number of carbonyl (C=O) groups excluding carboxylic acids is 1.